The Hall–Kier alpha value is -1.67. The quantitative estimate of drug-likeness (QED) is 0.698. The van der Waals surface area contributed by atoms with Crippen molar-refractivity contribution in [3.63, 3.8) is 0 Å². The maximum Gasteiger partial charge on any atom is 0.252 e. The number of hydrogen-bond donors (Lipinski definition) is 3. The van der Waals surface area contributed by atoms with Gasteiger partial charge in [0.05, 0.1) is 16.3 Å². The Balaban J connectivity index is 2.36. The van der Waals surface area contributed by atoms with Crippen molar-refractivity contribution >= 4 is 40.2 Å². The molecule has 23 heavy (non-hydrogen) atoms. The van der Waals surface area contributed by atoms with Crippen molar-refractivity contribution in [3.8, 4) is 0 Å². The number of nitrogens with one attached hydrogen (secondary N) is 1. The van der Waals surface area contributed by atoms with E-state index in [4.69, 9.17) is 38.9 Å². The molecule has 0 aliphatic rings. The second-order valence-electron chi connectivity index (χ2n) is 4.80. The van der Waals surface area contributed by atoms with Gasteiger partial charge in [0.25, 0.3) is 5.91 Å². The van der Waals surface area contributed by atoms with Gasteiger partial charge in [-0.3, -0.25) is 10.2 Å². The molecule has 0 aliphatic heterocycles. The number of pyridine rings is 1. The molecule has 1 heterocycles. The Morgan fingerprint density at radius 2 is 2.04 bits per heavy atom. The highest BCUT2D eigenvalue weighted by Gasteiger charge is 2.10. The molecule has 1 atom stereocenters. The monoisotopic (exact) mass is 373 g/mol. The van der Waals surface area contributed by atoms with Crippen LogP contribution in [-0.2, 0) is 23.4 Å². The van der Waals surface area contributed by atoms with Crippen LogP contribution in [0, 0.1) is 5.41 Å². The van der Waals surface area contributed by atoms with Crippen LogP contribution in [0.5, 0.6) is 0 Å². The van der Waals surface area contributed by atoms with Crippen LogP contribution in [0.2, 0.25) is 10.0 Å². The summed E-state index contributed by atoms with van der Waals surface area (Å²) in [6.45, 7) is 0.252. The first-order valence-electron chi connectivity index (χ1n) is 6.37. The summed E-state index contributed by atoms with van der Waals surface area (Å²) in [6, 6.07) is 6.36. The van der Waals surface area contributed by atoms with Crippen molar-refractivity contribution in [2.75, 3.05) is 0 Å². The molecule has 122 valence electrons. The number of rotatable bonds is 5. The average Bonchev–Trinajstić information content (AvgIpc) is 2.44. The smallest absolute Gasteiger partial charge is 0.252 e. The van der Waals surface area contributed by atoms with E-state index >= 15 is 0 Å². The Morgan fingerprint density at radius 3 is 2.61 bits per heavy atom. The van der Waals surface area contributed by atoms with Crippen LogP contribution >= 0.6 is 23.2 Å². The molecule has 9 heteroatoms. The highest BCUT2D eigenvalue weighted by atomic mass is 35.5. The van der Waals surface area contributed by atoms with E-state index in [0.29, 0.717) is 10.6 Å². The maximum atomic E-state index is 11.3. The van der Waals surface area contributed by atoms with Crippen molar-refractivity contribution in [1.29, 1.82) is 5.41 Å². The van der Waals surface area contributed by atoms with Gasteiger partial charge in [0, 0.05) is 17.8 Å². The molecule has 0 aliphatic carbocycles. The van der Waals surface area contributed by atoms with Gasteiger partial charge in [-0.05, 0) is 23.3 Å². The van der Waals surface area contributed by atoms with E-state index in [1.54, 1.807) is 18.2 Å². The minimum absolute atomic E-state index is 0.0240. The number of amides is 1. The van der Waals surface area contributed by atoms with E-state index in [2.05, 4.69) is 0 Å². The van der Waals surface area contributed by atoms with Gasteiger partial charge in [0.2, 0.25) is 0 Å². The zero-order valence-electron chi connectivity index (χ0n) is 11.8. The van der Waals surface area contributed by atoms with Crippen LogP contribution < -0.4 is 11.2 Å². The molecule has 6 nitrogen and oxygen atoms in total. The first-order valence-corrected chi connectivity index (χ1v) is 8.40. The number of carbonyl (C=O) groups is 1. The topological polar surface area (TPSA) is 109 Å². The molecule has 1 aromatic heterocycles. The van der Waals surface area contributed by atoms with Gasteiger partial charge in [-0.15, -0.1) is 0 Å². The van der Waals surface area contributed by atoms with E-state index in [-0.39, 0.29) is 28.4 Å². The Bertz CT molecular complexity index is 852. The summed E-state index contributed by atoms with van der Waals surface area (Å²) in [5.74, 6) is -0.788. The number of carbonyl (C=O) groups excluding carboxylic acids is 1. The third-order valence-electron chi connectivity index (χ3n) is 3.12. The third kappa shape index (κ3) is 4.42. The summed E-state index contributed by atoms with van der Waals surface area (Å²) in [6.07, 6.45) is 1.51. The molecule has 1 amide bonds. The highest BCUT2D eigenvalue weighted by Crippen LogP contribution is 2.20. The zero-order valence-corrected chi connectivity index (χ0v) is 14.1. The van der Waals surface area contributed by atoms with Gasteiger partial charge in [0.1, 0.15) is 5.49 Å². The Labute approximate surface area is 144 Å². The summed E-state index contributed by atoms with van der Waals surface area (Å²) in [5.41, 5.74) is 6.50. The lowest BCUT2D eigenvalue weighted by Crippen LogP contribution is -2.29. The lowest BCUT2D eigenvalue weighted by Gasteiger charge is -2.11. The number of nitrogens with zero attached hydrogens (tertiary/aromatic N) is 1. The zero-order chi connectivity index (χ0) is 17.1. The van der Waals surface area contributed by atoms with Crippen molar-refractivity contribution in [3.05, 3.63) is 62.7 Å². The SMILES string of the molecule is N=c1c(C(N)=O)cc(Cl)cn1Cc1ccc(CS(=O)O)c(Cl)c1. The molecule has 0 fully saturated rings. The number of primary amides is 1. The van der Waals surface area contributed by atoms with Gasteiger partial charge in [-0.2, -0.15) is 0 Å². The second kappa shape index (κ2) is 7.27. The lowest BCUT2D eigenvalue weighted by atomic mass is 10.1. The molecule has 1 unspecified atom stereocenters. The second-order valence-corrected chi connectivity index (χ2v) is 6.58. The number of aromatic nitrogens is 1. The first kappa shape index (κ1) is 17.7. The van der Waals surface area contributed by atoms with Gasteiger partial charge in [-0.1, -0.05) is 35.3 Å². The van der Waals surface area contributed by atoms with Crippen molar-refractivity contribution < 1.29 is 13.6 Å². The third-order valence-corrected chi connectivity index (χ3v) is 4.24. The van der Waals surface area contributed by atoms with Crippen LogP contribution in [0.15, 0.2) is 30.5 Å². The maximum absolute atomic E-state index is 11.3. The average molecular weight is 374 g/mol. The molecule has 2 rings (SSSR count). The van der Waals surface area contributed by atoms with E-state index in [1.807, 2.05) is 0 Å². The van der Waals surface area contributed by atoms with E-state index < -0.39 is 17.0 Å². The van der Waals surface area contributed by atoms with Crippen LogP contribution in [0.4, 0.5) is 0 Å². The summed E-state index contributed by atoms with van der Waals surface area (Å²) >= 11 is 10.1. The van der Waals surface area contributed by atoms with Crippen molar-refractivity contribution in [2.45, 2.75) is 12.3 Å². The van der Waals surface area contributed by atoms with E-state index in [0.717, 1.165) is 5.56 Å². The number of nitrogens with two attached hydrogens (primary N) is 1. The van der Waals surface area contributed by atoms with E-state index in [1.165, 1.54) is 16.8 Å². The lowest BCUT2D eigenvalue weighted by molar-refractivity contribution is 0.0997. The fourth-order valence-electron chi connectivity index (χ4n) is 2.06. The predicted octanol–water partition coefficient (Wildman–Crippen LogP) is 2.14. The van der Waals surface area contributed by atoms with E-state index in [9.17, 15) is 9.00 Å². The molecule has 4 N–H and O–H groups in total. The minimum Gasteiger partial charge on any atom is -0.365 e. The highest BCUT2D eigenvalue weighted by molar-refractivity contribution is 7.78. The minimum atomic E-state index is -1.97. The van der Waals surface area contributed by atoms with Crippen LogP contribution in [0.25, 0.3) is 0 Å². The largest absolute Gasteiger partial charge is 0.365 e. The summed E-state index contributed by atoms with van der Waals surface area (Å²) < 4.78 is 21.2. The van der Waals surface area contributed by atoms with Crippen LogP contribution in [-0.4, -0.2) is 19.2 Å². The molecule has 0 bridgehead atoms. The number of benzene rings is 1. The summed E-state index contributed by atoms with van der Waals surface area (Å²) in [4.78, 5) is 11.3. The number of hydrogen-bond acceptors (Lipinski definition) is 3. The summed E-state index contributed by atoms with van der Waals surface area (Å²) in [7, 11) is 0. The molecule has 2 aromatic rings. The van der Waals surface area contributed by atoms with Crippen LogP contribution in [0.1, 0.15) is 21.5 Å². The van der Waals surface area contributed by atoms with Crippen molar-refractivity contribution in [1.82, 2.24) is 4.57 Å². The molecule has 0 radical (unpaired) electrons. The molecule has 1 aromatic carbocycles. The summed E-state index contributed by atoms with van der Waals surface area (Å²) in [5, 5.41) is 8.65. The van der Waals surface area contributed by atoms with Gasteiger partial charge >= 0.3 is 0 Å². The fraction of sp³-hybridized carbons (Fsp3) is 0.143. The Kier molecular flexibility index (Phi) is 5.59. The number of halogens is 2. The molecule has 0 spiro atoms. The molecular weight excluding hydrogens is 361 g/mol. The molecular formula is C14H13Cl2N3O3S. The fourth-order valence-corrected chi connectivity index (χ4v) is 3.15. The van der Waals surface area contributed by atoms with Gasteiger partial charge in [-0.25, -0.2) is 4.21 Å². The standard InChI is InChI=1S/C14H13Cl2N3O3S/c15-10-4-11(14(18)20)13(17)19(6-10)5-8-1-2-9(7-23(21)22)12(16)3-8/h1-4,6,17H,5,7H2,(H2,18,20)(H,21,22). The molecule has 0 saturated heterocycles. The first-order chi connectivity index (χ1) is 10.8. The predicted molar refractivity (Wildman–Crippen MR) is 88.8 cm³/mol. The molecule has 0 saturated carbocycles. The van der Waals surface area contributed by atoms with Gasteiger partial charge in [0.15, 0.2) is 11.1 Å². The Morgan fingerprint density at radius 1 is 1.35 bits per heavy atom. The normalized spacial score (nSPS) is 12.1. The van der Waals surface area contributed by atoms with Crippen LogP contribution in [0.3, 0.4) is 0 Å². The van der Waals surface area contributed by atoms with Gasteiger partial charge < -0.3 is 14.9 Å². The van der Waals surface area contributed by atoms with Crippen molar-refractivity contribution in [2.24, 2.45) is 5.73 Å².